The summed E-state index contributed by atoms with van der Waals surface area (Å²) in [5.74, 6) is -1.10. The van der Waals surface area contributed by atoms with Crippen LogP contribution in [-0.4, -0.2) is 22.2 Å². The van der Waals surface area contributed by atoms with E-state index in [0.29, 0.717) is 5.56 Å². The zero-order valence-corrected chi connectivity index (χ0v) is 14.6. The van der Waals surface area contributed by atoms with Gasteiger partial charge >= 0.3 is 5.97 Å². The topological polar surface area (TPSA) is 108 Å². The minimum Gasteiger partial charge on any atom is -0.506 e. The SMILES string of the molecule is CC(C)(C)c1ccccc1/N=N/c1cc(CC(N)C(=O)O)ccc1O. The Morgan fingerprint density at radius 2 is 1.76 bits per heavy atom. The number of phenols is 1. The van der Waals surface area contributed by atoms with Gasteiger partial charge in [-0.15, -0.1) is 5.11 Å². The Labute approximate surface area is 147 Å². The van der Waals surface area contributed by atoms with Crippen molar-refractivity contribution in [3.05, 3.63) is 53.6 Å². The number of phenolic OH excluding ortho intramolecular Hbond substituents is 1. The van der Waals surface area contributed by atoms with E-state index in [-0.39, 0.29) is 23.3 Å². The molecule has 25 heavy (non-hydrogen) atoms. The Hall–Kier alpha value is -2.73. The van der Waals surface area contributed by atoms with Crippen molar-refractivity contribution in [2.75, 3.05) is 0 Å². The molecule has 4 N–H and O–H groups in total. The zero-order valence-electron chi connectivity index (χ0n) is 14.6. The van der Waals surface area contributed by atoms with E-state index in [0.717, 1.165) is 11.3 Å². The quantitative estimate of drug-likeness (QED) is 0.712. The number of hydrogen-bond donors (Lipinski definition) is 3. The van der Waals surface area contributed by atoms with Crippen LogP contribution in [0.15, 0.2) is 52.7 Å². The molecule has 1 unspecified atom stereocenters. The van der Waals surface area contributed by atoms with Crippen LogP contribution >= 0.6 is 0 Å². The van der Waals surface area contributed by atoms with Gasteiger partial charge in [0.2, 0.25) is 0 Å². The Morgan fingerprint density at radius 3 is 2.40 bits per heavy atom. The Balaban J connectivity index is 2.32. The van der Waals surface area contributed by atoms with Crippen molar-refractivity contribution >= 4 is 17.3 Å². The van der Waals surface area contributed by atoms with E-state index in [2.05, 4.69) is 31.0 Å². The standard InChI is InChI=1S/C19H23N3O3/c1-19(2,3)13-6-4-5-7-15(13)21-22-16-11-12(8-9-17(16)23)10-14(20)18(24)25/h4-9,11,14,23H,10,20H2,1-3H3,(H,24,25)/b22-21+. The van der Waals surface area contributed by atoms with Crippen molar-refractivity contribution in [3.63, 3.8) is 0 Å². The largest absolute Gasteiger partial charge is 0.506 e. The van der Waals surface area contributed by atoms with Gasteiger partial charge in [0.25, 0.3) is 0 Å². The number of carboxylic acid groups (broad SMARTS) is 1. The first kappa shape index (κ1) is 18.6. The highest BCUT2D eigenvalue weighted by Gasteiger charge is 2.17. The van der Waals surface area contributed by atoms with Crippen LogP contribution in [0.25, 0.3) is 0 Å². The normalized spacial score (nSPS) is 13.1. The summed E-state index contributed by atoms with van der Waals surface area (Å²) in [7, 11) is 0. The number of rotatable bonds is 5. The summed E-state index contributed by atoms with van der Waals surface area (Å²) >= 11 is 0. The minimum absolute atomic E-state index is 0.0235. The highest BCUT2D eigenvalue weighted by atomic mass is 16.4. The van der Waals surface area contributed by atoms with Crippen LogP contribution in [0.4, 0.5) is 11.4 Å². The Kier molecular flexibility index (Phi) is 5.54. The summed E-state index contributed by atoms with van der Waals surface area (Å²) in [5.41, 5.74) is 8.18. The molecule has 2 aromatic carbocycles. The fraction of sp³-hybridized carbons (Fsp3) is 0.316. The van der Waals surface area contributed by atoms with Gasteiger partial charge in [0, 0.05) is 0 Å². The molecule has 2 aromatic rings. The predicted molar refractivity (Wildman–Crippen MR) is 96.7 cm³/mol. The first-order chi connectivity index (χ1) is 11.7. The van der Waals surface area contributed by atoms with Crippen LogP contribution in [0.3, 0.4) is 0 Å². The van der Waals surface area contributed by atoms with E-state index >= 15 is 0 Å². The summed E-state index contributed by atoms with van der Waals surface area (Å²) in [6.07, 6.45) is 0.150. The second-order valence-electron chi connectivity index (χ2n) is 6.94. The fourth-order valence-electron chi connectivity index (χ4n) is 2.42. The minimum atomic E-state index is -1.07. The molecule has 6 heteroatoms. The van der Waals surface area contributed by atoms with Crippen LogP contribution in [-0.2, 0) is 16.6 Å². The van der Waals surface area contributed by atoms with Crippen LogP contribution in [0.5, 0.6) is 5.75 Å². The van der Waals surface area contributed by atoms with E-state index in [1.807, 2.05) is 24.3 Å². The summed E-state index contributed by atoms with van der Waals surface area (Å²) in [6, 6.07) is 11.4. The molecule has 1 atom stereocenters. The predicted octanol–water partition coefficient (Wildman–Crippen LogP) is 4.06. The van der Waals surface area contributed by atoms with Gasteiger partial charge in [-0.1, -0.05) is 45.0 Å². The van der Waals surface area contributed by atoms with E-state index < -0.39 is 12.0 Å². The fourth-order valence-corrected chi connectivity index (χ4v) is 2.42. The van der Waals surface area contributed by atoms with E-state index in [4.69, 9.17) is 10.8 Å². The molecule has 0 aliphatic heterocycles. The van der Waals surface area contributed by atoms with Gasteiger partial charge in [0.1, 0.15) is 17.5 Å². The molecular formula is C19H23N3O3. The first-order valence-corrected chi connectivity index (χ1v) is 8.00. The highest BCUT2D eigenvalue weighted by Crippen LogP contribution is 2.34. The molecule has 0 amide bonds. The lowest BCUT2D eigenvalue weighted by atomic mass is 9.86. The number of benzene rings is 2. The van der Waals surface area contributed by atoms with Crippen LogP contribution < -0.4 is 5.73 Å². The van der Waals surface area contributed by atoms with Gasteiger partial charge in [-0.05, 0) is 41.2 Å². The van der Waals surface area contributed by atoms with Gasteiger partial charge in [-0.3, -0.25) is 4.79 Å². The third-order valence-corrected chi connectivity index (χ3v) is 3.79. The maximum Gasteiger partial charge on any atom is 0.320 e. The number of hydrogen-bond acceptors (Lipinski definition) is 5. The van der Waals surface area contributed by atoms with Crippen molar-refractivity contribution in [2.24, 2.45) is 16.0 Å². The van der Waals surface area contributed by atoms with E-state index in [1.165, 1.54) is 6.07 Å². The molecule has 0 saturated carbocycles. The van der Waals surface area contributed by atoms with Crippen LogP contribution in [0.2, 0.25) is 0 Å². The Morgan fingerprint density at radius 1 is 1.12 bits per heavy atom. The van der Waals surface area contributed by atoms with Gasteiger partial charge < -0.3 is 15.9 Å². The smallest absolute Gasteiger partial charge is 0.320 e. The second-order valence-corrected chi connectivity index (χ2v) is 6.94. The third-order valence-electron chi connectivity index (χ3n) is 3.79. The van der Waals surface area contributed by atoms with Crippen molar-refractivity contribution in [3.8, 4) is 5.75 Å². The van der Waals surface area contributed by atoms with E-state index in [9.17, 15) is 9.90 Å². The number of azo groups is 1. The summed E-state index contributed by atoms with van der Waals surface area (Å²) in [4.78, 5) is 10.9. The summed E-state index contributed by atoms with van der Waals surface area (Å²) in [5, 5.41) is 27.3. The molecule has 0 aliphatic rings. The molecule has 0 fully saturated rings. The third kappa shape index (κ3) is 4.87. The molecule has 0 aliphatic carbocycles. The number of carbonyl (C=O) groups is 1. The molecular weight excluding hydrogens is 318 g/mol. The van der Waals surface area contributed by atoms with E-state index in [1.54, 1.807) is 12.1 Å². The number of nitrogens with two attached hydrogens (primary N) is 1. The number of aromatic hydroxyl groups is 1. The van der Waals surface area contributed by atoms with Gasteiger partial charge in [-0.2, -0.15) is 5.11 Å². The monoisotopic (exact) mass is 341 g/mol. The molecule has 0 spiro atoms. The number of carboxylic acids is 1. The van der Waals surface area contributed by atoms with Crippen LogP contribution in [0, 0.1) is 0 Å². The number of nitrogens with zero attached hydrogens (tertiary/aromatic N) is 2. The molecule has 0 radical (unpaired) electrons. The first-order valence-electron chi connectivity index (χ1n) is 8.00. The molecule has 0 heterocycles. The lowest BCUT2D eigenvalue weighted by Gasteiger charge is -2.20. The average Bonchev–Trinajstić information content (AvgIpc) is 2.54. The second kappa shape index (κ2) is 7.44. The molecule has 0 saturated heterocycles. The average molecular weight is 341 g/mol. The van der Waals surface area contributed by atoms with Gasteiger partial charge in [-0.25, -0.2) is 0 Å². The number of aliphatic carboxylic acids is 1. The van der Waals surface area contributed by atoms with Crippen molar-refractivity contribution in [1.29, 1.82) is 0 Å². The lowest BCUT2D eigenvalue weighted by Crippen LogP contribution is -2.32. The molecule has 0 bridgehead atoms. The maximum atomic E-state index is 10.9. The van der Waals surface area contributed by atoms with Gasteiger partial charge in [0.05, 0.1) is 5.69 Å². The highest BCUT2D eigenvalue weighted by molar-refractivity contribution is 5.73. The lowest BCUT2D eigenvalue weighted by molar-refractivity contribution is -0.138. The Bertz CT molecular complexity index is 795. The van der Waals surface area contributed by atoms with Crippen molar-refractivity contribution in [1.82, 2.24) is 0 Å². The summed E-state index contributed by atoms with van der Waals surface area (Å²) in [6.45, 7) is 6.27. The molecule has 2 rings (SSSR count). The molecule has 6 nitrogen and oxygen atoms in total. The zero-order chi connectivity index (χ0) is 18.6. The maximum absolute atomic E-state index is 10.9. The van der Waals surface area contributed by atoms with Crippen molar-refractivity contribution in [2.45, 2.75) is 38.6 Å². The van der Waals surface area contributed by atoms with Gasteiger partial charge in [0.15, 0.2) is 0 Å². The van der Waals surface area contributed by atoms with Crippen molar-refractivity contribution < 1.29 is 15.0 Å². The molecule has 0 aromatic heterocycles. The van der Waals surface area contributed by atoms with Crippen LogP contribution in [0.1, 0.15) is 31.9 Å². The summed E-state index contributed by atoms with van der Waals surface area (Å²) < 4.78 is 0. The molecule has 132 valence electrons.